The van der Waals surface area contributed by atoms with Crippen LogP contribution < -0.4 is 11.3 Å². The quantitative estimate of drug-likeness (QED) is 0.655. The van der Waals surface area contributed by atoms with Gasteiger partial charge in [0, 0.05) is 5.56 Å². The molecule has 0 bridgehead atoms. The number of rotatable bonds is 4. The van der Waals surface area contributed by atoms with Gasteiger partial charge in [-0.2, -0.15) is 0 Å². The SMILES string of the molecule is Cc1oc(C)c(C(Cc2cccc(Cl)c2Cl)NN)c1C. The van der Waals surface area contributed by atoms with Crippen molar-refractivity contribution >= 4 is 23.2 Å². The van der Waals surface area contributed by atoms with Gasteiger partial charge in [0.15, 0.2) is 0 Å². The van der Waals surface area contributed by atoms with Gasteiger partial charge in [-0.3, -0.25) is 11.3 Å². The maximum atomic E-state index is 6.24. The minimum Gasteiger partial charge on any atom is -0.466 e. The maximum Gasteiger partial charge on any atom is 0.106 e. The van der Waals surface area contributed by atoms with Gasteiger partial charge in [-0.05, 0) is 44.4 Å². The predicted molar refractivity (Wildman–Crippen MR) is 83.1 cm³/mol. The molecule has 0 saturated carbocycles. The molecule has 0 amide bonds. The van der Waals surface area contributed by atoms with Gasteiger partial charge in [0.1, 0.15) is 11.5 Å². The first-order chi connectivity index (χ1) is 9.45. The van der Waals surface area contributed by atoms with E-state index >= 15 is 0 Å². The molecule has 0 spiro atoms. The number of nitrogens with two attached hydrogens (primary N) is 1. The second kappa shape index (κ2) is 6.19. The lowest BCUT2D eigenvalue weighted by Crippen LogP contribution is -2.30. The van der Waals surface area contributed by atoms with Crippen LogP contribution in [0, 0.1) is 20.8 Å². The summed E-state index contributed by atoms with van der Waals surface area (Å²) in [6.45, 7) is 5.93. The van der Waals surface area contributed by atoms with Crippen molar-refractivity contribution in [3.63, 3.8) is 0 Å². The zero-order chi connectivity index (χ0) is 14.9. The van der Waals surface area contributed by atoms with Crippen LogP contribution in [0.4, 0.5) is 0 Å². The largest absolute Gasteiger partial charge is 0.466 e. The van der Waals surface area contributed by atoms with Gasteiger partial charge in [0.05, 0.1) is 16.1 Å². The van der Waals surface area contributed by atoms with Crippen molar-refractivity contribution in [2.75, 3.05) is 0 Å². The second-order valence-electron chi connectivity index (χ2n) is 4.89. The van der Waals surface area contributed by atoms with Gasteiger partial charge >= 0.3 is 0 Å². The minimum absolute atomic E-state index is 0.0663. The van der Waals surface area contributed by atoms with Gasteiger partial charge < -0.3 is 4.42 Å². The van der Waals surface area contributed by atoms with Crippen LogP contribution in [0.15, 0.2) is 22.6 Å². The Kier molecular flexibility index (Phi) is 4.76. The third-order valence-electron chi connectivity index (χ3n) is 3.62. The monoisotopic (exact) mass is 312 g/mol. The lowest BCUT2D eigenvalue weighted by molar-refractivity contribution is 0.484. The average molecular weight is 313 g/mol. The van der Waals surface area contributed by atoms with E-state index in [1.165, 1.54) is 0 Å². The van der Waals surface area contributed by atoms with E-state index in [1.54, 1.807) is 6.07 Å². The Morgan fingerprint density at radius 1 is 1.20 bits per heavy atom. The standard InChI is InChI=1S/C15H18Cl2N2O/c1-8-9(2)20-10(3)14(8)13(19-18)7-11-5-4-6-12(16)15(11)17/h4-6,13,19H,7,18H2,1-3H3. The molecule has 1 unspecified atom stereocenters. The number of halogens is 2. The third-order valence-corrected chi connectivity index (χ3v) is 4.48. The van der Waals surface area contributed by atoms with E-state index in [0.717, 1.165) is 28.2 Å². The summed E-state index contributed by atoms with van der Waals surface area (Å²) < 4.78 is 5.67. The minimum atomic E-state index is -0.0663. The molecule has 108 valence electrons. The summed E-state index contributed by atoms with van der Waals surface area (Å²) in [5.41, 5.74) is 6.00. The number of hydrogen-bond acceptors (Lipinski definition) is 3. The Bertz CT molecular complexity index is 623. The fourth-order valence-electron chi connectivity index (χ4n) is 2.49. The van der Waals surface area contributed by atoms with Gasteiger partial charge in [-0.15, -0.1) is 0 Å². The van der Waals surface area contributed by atoms with Crippen molar-refractivity contribution < 1.29 is 4.42 Å². The van der Waals surface area contributed by atoms with Crippen LogP contribution in [0.25, 0.3) is 0 Å². The Morgan fingerprint density at radius 2 is 1.90 bits per heavy atom. The van der Waals surface area contributed by atoms with Crippen LogP contribution in [-0.4, -0.2) is 0 Å². The molecule has 3 nitrogen and oxygen atoms in total. The van der Waals surface area contributed by atoms with Gasteiger partial charge in [-0.1, -0.05) is 35.3 Å². The highest BCUT2D eigenvalue weighted by molar-refractivity contribution is 6.42. The van der Waals surface area contributed by atoms with Crippen LogP contribution in [0.3, 0.4) is 0 Å². The predicted octanol–water partition coefficient (Wildman–Crippen LogP) is 4.26. The molecule has 1 aromatic heterocycles. The van der Waals surface area contributed by atoms with E-state index in [-0.39, 0.29) is 6.04 Å². The van der Waals surface area contributed by atoms with E-state index in [9.17, 15) is 0 Å². The number of aryl methyl sites for hydroxylation is 2. The van der Waals surface area contributed by atoms with Crippen molar-refractivity contribution in [3.8, 4) is 0 Å². The number of nitrogens with one attached hydrogen (secondary N) is 1. The summed E-state index contributed by atoms with van der Waals surface area (Å²) in [5, 5.41) is 1.13. The summed E-state index contributed by atoms with van der Waals surface area (Å²) in [6, 6.07) is 5.55. The molecule has 0 saturated heterocycles. The molecule has 3 N–H and O–H groups in total. The van der Waals surface area contributed by atoms with Crippen LogP contribution in [0.2, 0.25) is 10.0 Å². The van der Waals surface area contributed by atoms with E-state index in [4.69, 9.17) is 33.5 Å². The van der Waals surface area contributed by atoms with Gasteiger partial charge in [0.2, 0.25) is 0 Å². The molecule has 1 aromatic carbocycles. The fraction of sp³-hybridized carbons (Fsp3) is 0.333. The average Bonchev–Trinajstić information content (AvgIpc) is 2.66. The first-order valence-electron chi connectivity index (χ1n) is 6.41. The van der Waals surface area contributed by atoms with E-state index in [2.05, 4.69) is 5.43 Å². The molecular formula is C15H18Cl2N2O. The molecule has 1 atom stereocenters. The lowest BCUT2D eigenvalue weighted by atomic mass is 9.96. The van der Waals surface area contributed by atoms with Crippen molar-refractivity contribution in [2.24, 2.45) is 5.84 Å². The number of benzene rings is 1. The molecule has 0 radical (unpaired) electrons. The second-order valence-corrected chi connectivity index (χ2v) is 5.67. The Labute approximate surface area is 129 Å². The van der Waals surface area contributed by atoms with Crippen LogP contribution in [0.1, 0.15) is 34.3 Å². The van der Waals surface area contributed by atoms with E-state index in [0.29, 0.717) is 16.5 Å². The number of hydrogen-bond donors (Lipinski definition) is 2. The molecule has 2 aromatic rings. The zero-order valence-electron chi connectivity index (χ0n) is 11.8. The lowest BCUT2D eigenvalue weighted by Gasteiger charge is -2.18. The zero-order valence-corrected chi connectivity index (χ0v) is 13.3. The van der Waals surface area contributed by atoms with Crippen LogP contribution in [0.5, 0.6) is 0 Å². The van der Waals surface area contributed by atoms with Gasteiger partial charge in [0.25, 0.3) is 0 Å². The van der Waals surface area contributed by atoms with Crippen molar-refractivity contribution in [2.45, 2.75) is 33.2 Å². The Hall–Kier alpha value is -1.00. The molecule has 0 aliphatic heterocycles. The van der Waals surface area contributed by atoms with E-state index in [1.807, 2.05) is 32.9 Å². The molecule has 2 rings (SSSR count). The highest BCUT2D eigenvalue weighted by Crippen LogP contribution is 2.32. The van der Waals surface area contributed by atoms with Crippen LogP contribution in [-0.2, 0) is 6.42 Å². The topological polar surface area (TPSA) is 51.2 Å². The van der Waals surface area contributed by atoms with Crippen molar-refractivity contribution in [3.05, 3.63) is 56.5 Å². The highest BCUT2D eigenvalue weighted by atomic mass is 35.5. The first kappa shape index (κ1) is 15.4. The first-order valence-corrected chi connectivity index (χ1v) is 7.16. The third kappa shape index (κ3) is 2.86. The highest BCUT2D eigenvalue weighted by Gasteiger charge is 2.21. The molecule has 5 heteroatoms. The number of hydrazine groups is 1. The van der Waals surface area contributed by atoms with Crippen molar-refractivity contribution in [1.29, 1.82) is 0 Å². The summed E-state index contributed by atoms with van der Waals surface area (Å²) in [4.78, 5) is 0. The van der Waals surface area contributed by atoms with Gasteiger partial charge in [-0.25, -0.2) is 0 Å². The van der Waals surface area contributed by atoms with Crippen molar-refractivity contribution in [1.82, 2.24) is 5.43 Å². The molecule has 0 aliphatic rings. The molecule has 0 fully saturated rings. The van der Waals surface area contributed by atoms with Crippen LogP contribution >= 0.6 is 23.2 Å². The maximum absolute atomic E-state index is 6.24. The Balaban J connectivity index is 2.36. The fourth-order valence-corrected chi connectivity index (χ4v) is 2.89. The molecule has 20 heavy (non-hydrogen) atoms. The smallest absolute Gasteiger partial charge is 0.106 e. The summed E-state index contributed by atoms with van der Waals surface area (Å²) in [7, 11) is 0. The molecule has 0 aliphatic carbocycles. The van der Waals surface area contributed by atoms with E-state index < -0.39 is 0 Å². The normalized spacial score (nSPS) is 12.7. The molecule has 1 heterocycles. The Morgan fingerprint density at radius 3 is 2.45 bits per heavy atom. The number of furan rings is 1. The summed E-state index contributed by atoms with van der Waals surface area (Å²) in [5.74, 6) is 7.51. The molecular weight excluding hydrogens is 295 g/mol. The summed E-state index contributed by atoms with van der Waals surface area (Å²) in [6.07, 6.45) is 0.649. The summed E-state index contributed by atoms with van der Waals surface area (Å²) >= 11 is 12.3.